The Kier molecular flexibility index (Phi) is 3.29. The molecule has 2 aliphatic rings. The van der Waals surface area contributed by atoms with Gasteiger partial charge < -0.3 is 15.4 Å². The maximum Gasteiger partial charge on any atom is 0.251 e. The zero-order valence-electron chi connectivity index (χ0n) is 11.3. The number of nitrogens with one attached hydrogen (secondary N) is 2. The smallest absolute Gasteiger partial charge is 0.251 e. The highest BCUT2D eigenvalue weighted by atomic mass is 16.5. The molecule has 0 aromatic heterocycles. The number of benzene rings is 1. The molecule has 4 nitrogen and oxygen atoms in total. The van der Waals surface area contributed by atoms with E-state index in [0.717, 1.165) is 31.5 Å². The van der Waals surface area contributed by atoms with Crippen molar-refractivity contribution in [1.29, 1.82) is 0 Å². The molecular formula is C15H20N2O2. The number of fused-ring (bicyclic) bond motifs is 1. The Morgan fingerprint density at radius 3 is 2.84 bits per heavy atom. The molecule has 1 aliphatic heterocycles. The SMILES string of the molecule is COC1(CNC(=O)c2ccc3c(c2)CNC3)CCC1. The third-order valence-electron chi connectivity index (χ3n) is 4.37. The van der Waals surface area contributed by atoms with Crippen molar-refractivity contribution in [2.24, 2.45) is 0 Å². The molecule has 102 valence electrons. The minimum absolute atomic E-state index is 0.00183. The summed E-state index contributed by atoms with van der Waals surface area (Å²) in [6.07, 6.45) is 3.27. The molecule has 3 rings (SSSR count). The Balaban J connectivity index is 1.64. The second-order valence-electron chi connectivity index (χ2n) is 5.51. The second kappa shape index (κ2) is 4.94. The van der Waals surface area contributed by atoms with E-state index in [1.807, 2.05) is 18.2 Å². The first-order chi connectivity index (χ1) is 9.22. The summed E-state index contributed by atoms with van der Waals surface area (Å²) in [6.45, 7) is 2.38. The van der Waals surface area contributed by atoms with Crippen molar-refractivity contribution in [2.75, 3.05) is 13.7 Å². The summed E-state index contributed by atoms with van der Waals surface area (Å²) in [6, 6.07) is 5.94. The summed E-state index contributed by atoms with van der Waals surface area (Å²) in [5, 5.41) is 6.29. The van der Waals surface area contributed by atoms with Gasteiger partial charge >= 0.3 is 0 Å². The zero-order chi connectivity index (χ0) is 13.3. The summed E-state index contributed by atoms with van der Waals surface area (Å²) in [4.78, 5) is 12.2. The molecule has 19 heavy (non-hydrogen) atoms. The molecule has 1 amide bonds. The monoisotopic (exact) mass is 260 g/mol. The molecular weight excluding hydrogens is 240 g/mol. The highest BCUT2D eigenvalue weighted by Crippen LogP contribution is 2.34. The predicted octanol–water partition coefficient (Wildman–Crippen LogP) is 1.59. The van der Waals surface area contributed by atoms with Crippen LogP contribution in [0.1, 0.15) is 40.7 Å². The first-order valence-electron chi connectivity index (χ1n) is 6.88. The largest absolute Gasteiger partial charge is 0.376 e. The molecule has 0 atom stereocenters. The lowest BCUT2D eigenvalue weighted by atomic mass is 9.80. The van der Waals surface area contributed by atoms with Crippen LogP contribution in [-0.4, -0.2) is 25.2 Å². The van der Waals surface area contributed by atoms with E-state index in [9.17, 15) is 4.79 Å². The molecule has 0 radical (unpaired) electrons. The fourth-order valence-electron chi connectivity index (χ4n) is 2.80. The normalized spacial score (nSPS) is 19.6. The van der Waals surface area contributed by atoms with Crippen molar-refractivity contribution < 1.29 is 9.53 Å². The summed E-state index contributed by atoms with van der Waals surface area (Å²) < 4.78 is 5.51. The number of ether oxygens (including phenoxy) is 1. The number of amides is 1. The molecule has 0 bridgehead atoms. The van der Waals surface area contributed by atoms with Gasteiger partial charge in [0, 0.05) is 32.3 Å². The number of hydrogen-bond donors (Lipinski definition) is 2. The standard InChI is InChI=1S/C15H20N2O2/c1-19-15(5-2-6-15)10-17-14(18)11-3-4-12-8-16-9-13(12)7-11/h3-4,7,16H,2,5-6,8-10H2,1H3,(H,17,18). The first-order valence-corrected chi connectivity index (χ1v) is 6.88. The quantitative estimate of drug-likeness (QED) is 0.864. The van der Waals surface area contributed by atoms with Crippen LogP contribution in [0.4, 0.5) is 0 Å². The van der Waals surface area contributed by atoms with E-state index in [1.54, 1.807) is 7.11 Å². The highest BCUT2D eigenvalue weighted by molar-refractivity contribution is 5.94. The average Bonchev–Trinajstić information content (AvgIpc) is 2.84. The maximum atomic E-state index is 12.2. The van der Waals surface area contributed by atoms with Gasteiger partial charge in [0.15, 0.2) is 0 Å². The molecule has 0 saturated heterocycles. The molecule has 1 fully saturated rings. The summed E-state index contributed by atoms with van der Waals surface area (Å²) in [5.41, 5.74) is 3.16. The van der Waals surface area contributed by atoms with Crippen LogP contribution in [0.2, 0.25) is 0 Å². The van der Waals surface area contributed by atoms with E-state index < -0.39 is 0 Å². The lowest BCUT2D eigenvalue weighted by molar-refractivity contribution is -0.0679. The Bertz CT molecular complexity index is 489. The fourth-order valence-corrected chi connectivity index (χ4v) is 2.80. The summed E-state index contributed by atoms with van der Waals surface area (Å²) in [5.74, 6) is -0.00183. The third-order valence-corrected chi connectivity index (χ3v) is 4.37. The minimum atomic E-state index is -0.117. The number of methoxy groups -OCH3 is 1. The Labute approximate surface area is 113 Å². The Hall–Kier alpha value is -1.39. The molecule has 0 spiro atoms. The van der Waals surface area contributed by atoms with Crippen LogP contribution in [0.25, 0.3) is 0 Å². The number of carbonyl (C=O) groups excluding carboxylic acids is 1. The van der Waals surface area contributed by atoms with E-state index in [2.05, 4.69) is 10.6 Å². The van der Waals surface area contributed by atoms with Crippen LogP contribution in [0.5, 0.6) is 0 Å². The van der Waals surface area contributed by atoms with Crippen LogP contribution in [0.15, 0.2) is 18.2 Å². The van der Waals surface area contributed by atoms with Crippen LogP contribution in [0, 0.1) is 0 Å². The van der Waals surface area contributed by atoms with E-state index in [4.69, 9.17) is 4.74 Å². The molecule has 4 heteroatoms. The lowest BCUT2D eigenvalue weighted by Gasteiger charge is -2.40. The lowest BCUT2D eigenvalue weighted by Crippen LogP contribution is -2.49. The molecule has 1 heterocycles. The average molecular weight is 260 g/mol. The van der Waals surface area contributed by atoms with Crippen molar-refractivity contribution in [3.8, 4) is 0 Å². The Morgan fingerprint density at radius 1 is 1.37 bits per heavy atom. The van der Waals surface area contributed by atoms with Gasteiger partial charge in [0.2, 0.25) is 0 Å². The summed E-state index contributed by atoms with van der Waals surface area (Å²) in [7, 11) is 1.73. The van der Waals surface area contributed by atoms with Gasteiger partial charge in [-0.25, -0.2) is 0 Å². The molecule has 2 N–H and O–H groups in total. The maximum absolute atomic E-state index is 12.2. The second-order valence-corrected chi connectivity index (χ2v) is 5.51. The van der Waals surface area contributed by atoms with Gasteiger partial charge in [0.25, 0.3) is 5.91 Å². The van der Waals surface area contributed by atoms with Gasteiger partial charge in [0.1, 0.15) is 0 Å². The number of carbonyl (C=O) groups is 1. The third kappa shape index (κ3) is 2.38. The van der Waals surface area contributed by atoms with Gasteiger partial charge in [-0.1, -0.05) is 6.07 Å². The van der Waals surface area contributed by atoms with Crippen LogP contribution in [0.3, 0.4) is 0 Å². The van der Waals surface area contributed by atoms with Gasteiger partial charge in [-0.15, -0.1) is 0 Å². The van der Waals surface area contributed by atoms with Crippen molar-refractivity contribution in [1.82, 2.24) is 10.6 Å². The fraction of sp³-hybridized carbons (Fsp3) is 0.533. The van der Waals surface area contributed by atoms with Gasteiger partial charge in [-0.2, -0.15) is 0 Å². The van der Waals surface area contributed by atoms with Crippen molar-refractivity contribution in [3.63, 3.8) is 0 Å². The topological polar surface area (TPSA) is 50.4 Å². The Morgan fingerprint density at radius 2 is 2.16 bits per heavy atom. The van der Waals surface area contributed by atoms with E-state index in [-0.39, 0.29) is 11.5 Å². The number of hydrogen-bond acceptors (Lipinski definition) is 3. The molecule has 1 aliphatic carbocycles. The van der Waals surface area contributed by atoms with Crippen molar-refractivity contribution in [3.05, 3.63) is 34.9 Å². The van der Waals surface area contributed by atoms with Gasteiger partial charge in [-0.3, -0.25) is 4.79 Å². The minimum Gasteiger partial charge on any atom is -0.376 e. The van der Waals surface area contributed by atoms with Gasteiger partial charge in [0.05, 0.1) is 5.60 Å². The van der Waals surface area contributed by atoms with Crippen LogP contribution < -0.4 is 10.6 Å². The van der Waals surface area contributed by atoms with Crippen LogP contribution >= 0.6 is 0 Å². The summed E-state index contributed by atoms with van der Waals surface area (Å²) >= 11 is 0. The molecule has 1 aromatic carbocycles. The predicted molar refractivity (Wildman–Crippen MR) is 72.9 cm³/mol. The molecule has 0 unspecified atom stereocenters. The zero-order valence-corrected chi connectivity index (χ0v) is 11.3. The molecule has 1 aromatic rings. The van der Waals surface area contributed by atoms with Crippen LogP contribution in [-0.2, 0) is 17.8 Å². The highest BCUT2D eigenvalue weighted by Gasteiger charge is 2.37. The molecule has 1 saturated carbocycles. The van der Waals surface area contributed by atoms with Gasteiger partial charge in [-0.05, 0) is 42.5 Å². The van der Waals surface area contributed by atoms with Crippen molar-refractivity contribution in [2.45, 2.75) is 38.0 Å². The van der Waals surface area contributed by atoms with E-state index in [0.29, 0.717) is 6.54 Å². The van der Waals surface area contributed by atoms with E-state index >= 15 is 0 Å². The van der Waals surface area contributed by atoms with E-state index in [1.165, 1.54) is 17.5 Å². The number of rotatable bonds is 4. The first kappa shape index (κ1) is 12.6. The van der Waals surface area contributed by atoms with Crippen molar-refractivity contribution >= 4 is 5.91 Å².